The average Bonchev–Trinajstić information content (AvgIpc) is 2.31. The lowest BCUT2D eigenvalue weighted by Gasteiger charge is -2.11. The third-order valence-corrected chi connectivity index (χ3v) is 2.24. The normalized spacial score (nSPS) is 9.82. The quantitative estimate of drug-likeness (QED) is 0.819. The summed E-state index contributed by atoms with van der Waals surface area (Å²) in [4.78, 5) is 11.4. The summed E-state index contributed by atoms with van der Waals surface area (Å²) < 4.78 is 5.17. The van der Waals surface area contributed by atoms with Crippen LogP contribution in [-0.2, 0) is 11.5 Å². The number of ether oxygens (including phenoxy) is 1. The van der Waals surface area contributed by atoms with Crippen LogP contribution in [0, 0.1) is 0 Å². The molecule has 0 atom stereocenters. The lowest BCUT2D eigenvalue weighted by atomic mass is 10.1. The minimum atomic E-state index is -0.276. The number of amides is 2. The SMILES string of the molecule is CCNC(=O)Nc1ccc(CC[O])cc1OC. The number of urea groups is 1. The van der Waals surface area contributed by atoms with E-state index in [4.69, 9.17) is 4.74 Å². The molecule has 0 aromatic heterocycles. The van der Waals surface area contributed by atoms with Crippen molar-refractivity contribution in [2.24, 2.45) is 0 Å². The van der Waals surface area contributed by atoms with Crippen molar-refractivity contribution in [2.75, 3.05) is 25.6 Å². The van der Waals surface area contributed by atoms with Crippen LogP contribution in [0.15, 0.2) is 18.2 Å². The first-order valence-corrected chi connectivity index (χ1v) is 5.51. The summed E-state index contributed by atoms with van der Waals surface area (Å²) in [5, 5.41) is 15.8. The molecule has 0 bridgehead atoms. The van der Waals surface area contributed by atoms with E-state index < -0.39 is 0 Å². The van der Waals surface area contributed by atoms with E-state index in [2.05, 4.69) is 10.6 Å². The molecule has 0 unspecified atom stereocenters. The van der Waals surface area contributed by atoms with E-state index in [-0.39, 0.29) is 12.6 Å². The Hall–Kier alpha value is -1.75. The molecule has 0 aliphatic carbocycles. The van der Waals surface area contributed by atoms with Crippen LogP contribution in [0.25, 0.3) is 0 Å². The van der Waals surface area contributed by atoms with Gasteiger partial charge < -0.3 is 15.4 Å². The maximum Gasteiger partial charge on any atom is 0.319 e. The number of hydrogen-bond donors (Lipinski definition) is 2. The molecule has 5 heteroatoms. The highest BCUT2D eigenvalue weighted by Crippen LogP contribution is 2.25. The van der Waals surface area contributed by atoms with Crippen LogP contribution in [-0.4, -0.2) is 26.3 Å². The zero-order valence-electron chi connectivity index (χ0n) is 10.1. The monoisotopic (exact) mass is 237 g/mol. The van der Waals surface area contributed by atoms with Gasteiger partial charge in [0.2, 0.25) is 0 Å². The lowest BCUT2D eigenvalue weighted by molar-refractivity contribution is 0.197. The minimum absolute atomic E-state index is 0.160. The number of hydrogen-bond acceptors (Lipinski definition) is 2. The predicted octanol–water partition coefficient (Wildman–Crippen LogP) is 1.81. The number of rotatable bonds is 5. The molecule has 2 amide bonds. The zero-order valence-corrected chi connectivity index (χ0v) is 10.1. The Morgan fingerprint density at radius 2 is 2.18 bits per heavy atom. The van der Waals surface area contributed by atoms with Crippen molar-refractivity contribution in [1.29, 1.82) is 0 Å². The molecule has 0 aliphatic rings. The Kier molecular flexibility index (Phi) is 5.29. The van der Waals surface area contributed by atoms with Gasteiger partial charge in [-0.15, -0.1) is 0 Å². The molecule has 1 radical (unpaired) electrons. The van der Waals surface area contributed by atoms with Crippen LogP contribution >= 0.6 is 0 Å². The Labute approximate surface area is 101 Å². The Morgan fingerprint density at radius 1 is 1.41 bits per heavy atom. The van der Waals surface area contributed by atoms with Gasteiger partial charge in [-0.3, -0.25) is 0 Å². The van der Waals surface area contributed by atoms with Gasteiger partial charge in [-0.1, -0.05) is 6.07 Å². The summed E-state index contributed by atoms with van der Waals surface area (Å²) in [5.74, 6) is 0.558. The second-order valence-corrected chi connectivity index (χ2v) is 3.47. The molecule has 0 spiro atoms. The Balaban J connectivity index is 2.81. The molecule has 17 heavy (non-hydrogen) atoms. The fourth-order valence-electron chi connectivity index (χ4n) is 1.44. The number of carbonyl (C=O) groups excluding carboxylic acids is 1. The maximum absolute atomic E-state index is 11.4. The highest BCUT2D eigenvalue weighted by Gasteiger charge is 2.07. The molecule has 0 aliphatic heterocycles. The number of anilines is 1. The standard InChI is InChI=1S/C12H17N2O3/c1-3-13-12(16)14-10-5-4-9(6-7-15)8-11(10)17-2/h4-5,8H,3,6-7H2,1-2H3,(H2,13,14,16). The van der Waals surface area contributed by atoms with Gasteiger partial charge in [-0.2, -0.15) is 0 Å². The number of carbonyl (C=O) groups is 1. The van der Waals surface area contributed by atoms with Crippen LogP contribution in [0.2, 0.25) is 0 Å². The molecule has 5 nitrogen and oxygen atoms in total. The zero-order chi connectivity index (χ0) is 12.7. The van der Waals surface area contributed by atoms with Crippen molar-refractivity contribution in [3.05, 3.63) is 23.8 Å². The summed E-state index contributed by atoms with van der Waals surface area (Å²) in [6.45, 7) is 2.24. The van der Waals surface area contributed by atoms with Gasteiger partial charge in [-0.05, 0) is 31.0 Å². The number of methoxy groups -OCH3 is 1. The molecular formula is C12H17N2O3. The van der Waals surface area contributed by atoms with Crippen molar-refractivity contribution in [3.8, 4) is 5.75 Å². The van der Waals surface area contributed by atoms with Gasteiger partial charge in [0.1, 0.15) is 5.75 Å². The van der Waals surface area contributed by atoms with E-state index in [1.165, 1.54) is 7.11 Å². The van der Waals surface area contributed by atoms with Gasteiger partial charge in [0.25, 0.3) is 0 Å². The van der Waals surface area contributed by atoms with Crippen molar-refractivity contribution in [3.63, 3.8) is 0 Å². The third kappa shape index (κ3) is 3.96. The molecule has 0 heterocycles. The summed E-state index contributed by atoms with van der Waals surface area (Å²) in [6, 6.07) is 5.03. The van der Waals surface area contributed by atoms with E-state index in [0.29, 0.717) is 24.4 Å². The molecule has 1 aromatic carbocycles. The second kappa shape index (κ2) is 6.75. The van der Waals surface area contributed by atoms with Crippen molar-refractivity contribution >= 4 is 11.7 Å². The summed E-state index contributed by atoms with van der Waals surface area (Å²) >= 11 is 0. The van der Waals surface area contributed by atoms with E-state index in [9.17, 15) is 9.90 Å². The van der Waals surface area contributed by atoms with Crippen LogP contribution in [0.4, 0.5) is 10.5 Å². The van der Waals surface area contributed by atoms with Crippen molar-refractivity contribution in [2.45, 2.75) is 13.3 Å². The van der Waals surface area contributed by atoms with Gasteiger partial charge in [0, 0.05) is 6.54 Å². The molecule has 2 N–H and O–H groups in total. The first kappa shape index (κ1) is 13.3. The highest BCUT2D eigenvalue weighted by atomic mass is 16.5. The first-order chi connectivity index (χ1) is 8.21. The van der Waals surface area contributed by atoms with Gasteiger partial charge in [0.05, 0.1) is 19.4 Å². The Bertz CT molecular complexity index is 380. The first-order valence-electron chi connectivity index (χ1n) is 5.51. The van der Waals surface area contributed by atoms with Crippen LogP contribution < -0.4 is 15.4 Å². The topological polar surface area (TPSA) is 70.3 Å². The van der Waals surface area contributed by atoms with Gasteiger partial charge >= 0.3 is 6.03 Å². The van der Waals surface area contributed by atoms with E-state index in [0.717, 1.165) is 5.56 Å². The molecule has 1 aromatic rings. The van der Waals surface area contributed by atoms with Crippen LogP contribution in [0.3, 0.4) is 0 Å². The van der Waals surface area contributed by atoms with E-state index in [1.807, 2.05) is 13.0 Å². The third-order valence-electron chi connectivity index (χ3n) is 2.24. The molecule has 0 fully saturated rings. The van der Waals surface area contributed by atoms with Crippen molar-refractivity contribution < 1.29 is 14.6 Å². The average molecular weight is 237 g/mol. The Morgan fingerprint density at radius 3 is 2.76 bits per heavy atom. The summed E-state index contributed by atoms with van der Waals surface area (Å²) in [5.41, 5.74) is 1.49. The fourth-order valence-corrected chi connectivity index (χ4v) is 1.44. The number of nitrogens with one attached hydrogen (secondary N) is 2. The fraction of sp³-hybridized carbons (Fsp3) is 0.417. The predicted molar refractivity (Wildman–Crippen MR) is 64.9 cm³/mol. The van der Waals surface area contributed by atoms with Gasteiger partial charge in [0.15, 0.2) is 0 Å². The summed E-state index contributed by atoms with van der Waals surface area (Å²) in [6.07, 6.45) is 0.456. The number of benzene rings is 1. The smallest absolute Gasteiger partial charge is 0.319 e. The highest BCUT2D eigenvalue weighted by molar-refractivity contribution is 5.90. The minimum Gasteiger partial charge on any atom is -0.495 e. The van der Waals surface area contributed by atoms with Crippen molar-refractivity contribution in [1.82, 2.24) is 5.32 Å². The van der Waals surface area contributed by atoms with E-state index in [1.54, 1.807) is 12.1 Å². The van der Waals surface area contributed by atoms with Gasteiger partial charge in [-0.25, -0.2) is 9.90 Å². The van der Waals surface area contributed by atoms with Crippen LogP contribution in [0.1, 0.15) is 12.5 Å². The largest absolute Gasteiger partial charge is 0.495 e. The lowest BCUT2D eigenvalue weighted by Crippen LogP contribution is -2.28. The molecule has 93 valence electrons. The second-order valence-electron chi connectivity index (χ2n) is 3.47. The van der Waals surface area contributed by atoms with E-state index >= 15 is 0 Å². The van der Waals surface area contributed by atoms with Crippen LogP contribution in [0.5, 0.6) is 5.75 Å². The summed E-state index contributed by atoms with van der Waals surface area (Å²) in [7, 11) is 1.53. The maximum atomic E-state index is 11.4. The molecule has 1 rings (SSSR count). The molecule has 0 saturated heterocycles. The molecular weight excluding hydrogens is 220 g/mol. The molecule has 0 saturated carbocycles.